The first-order valence-corrected chi connectivity index (χ1v) is 5.87. The normalized spacial score (nSPS) is 47.1. The van der Waals surface area contributed by atoms with Crippen LogP contribution in [0.15, 0.2) is 0 Å². The minimum Gasteiger partial charge on any atom is -0.358 e. The SMILES string of the molecule is CC1CCC2(NC(C)(C)CO2)C(C)C1. The van der Waals surface area contributed by atoms with E-state index in [0.29, 0.717) is 5.92 Å². The zero-order chi connectivity index (χ0) is 10.4. The van der Waals surface area contributed by atoms with Crippen molar-refractivity contribution in [3.8, 4) is 0 Å². The van der Waals surface area contributed by atoms with E-state index in [2.05, 4.69) is 33.0 Å². The molecular formula is C12H23NO. The van der Waals surface area contributed by atoms with Crippen molar-refractivity contribution >= 4 is 0 Å². The van der Waals surface area contributed by atoms with Crippen molar-refractivity contribution in [3.63, 3.8) is 0 Å². The van der Waals surface area contributed by atoms with Crippen LogP contribution < -0.4 is 5.32 Å². The lowest BCUT2D eigenvalue weighted by Gasteiger charge is -2.42. The molecule has 3 atom stereocenters. The maximum atomic E-state index is 6.05. The van der Waals surface area contributed by atoms with Crippen molar-refractivity contribution in [2.75, 3.05) is 6.61 Å². The molecule has 2 aliphatic rings. The van der Waals surface area contributed by atoms with Crippen LogP contribution in [0.4, 0.5) is 0 Å². The molecule has 0 aromatic carbocycles. The quantitative estimate of drug-likeness (QED) is 0.644. The Balaban J connectivity index is 2.10. The molecule has 1 N–H and O–H groups in total. The highest BCUT2D eigenvalue weighted by atomic mass is 16.5. The van der Waals surface area contributed by atoms with Gasteiger partial charge in [0, 0.05) is 5.54 Å². The maximum Gasteiger partial charge on any atom is 0.122 e. The lowest BCUT2D eigenvalue weighted by Crippen LogP contribution is -2.54. The number of rotatable bonds is 0. The second-order valence-electron chi connectivity index (χ2n) is 5.97. The highest BCUT2D eigenvalue weighted by molar-refractivity contribution is 4.99. The molecule has 0 aromatic rings. The molecule has 2 heteroatoms. The van der Waals surface area contributed by atoms with Gasteiger partial charge >= 0.3 is 0 Å². The van der Waals surface area contributed by atoms with Crippen molar-refractivity contribution in [3.05, 3.63) is 0 Å². The van der Waals surface area contributed by atoms with Crippen LogP contribution >= 0.6 is 0 Å². The van der Waals surface area contributed by atoms with Gasteiger partial charge < -0.3 is 4.74 Å². The number of hydrogen-bond acceptors (Lipinski definition) is 2. The molecular weight excluding hydrogens is 174 g/mol. The third kappa shape index (κ3) is 1.70. The molecule has 1 aliphatic heterocycles. The standard InChI is InChI=1S/C12H23NO/c1-9-5-6-12(10(2)7-9)13-11(3,4)8-14-12/h9-10,13H,5-8H2,1-4H3. The molecule has 0 amide bonds. The fourth-order valence-corrected chi connectivity index (χ4v) is 2.97. The molecule has 1 saturated heterocycles. The summed E-state index contributed by atoms with van der Waals surface area (Å²) >= 11 is 0. The van der Waals surface area contributed by atoms with E-state index in [1.165, 1.54) is 19.3 Å². The van der Waals surface area contributed by atoms with E-state index in [4.69, 9.17) is 4.74 Å². The van der Waals surface area contributed by atoms with Gasteiger partial charge in [0.25, 0.3) is 0 Å². The summed E-state index contributed by atoms with van der Waals surface area (Å²) in [6.07, 6.45) is 3.77. The smallest absolute Gasteiger partial charge is 0.122 e. The van der Waals surface area contributed by atoms with Crippen molar-refractivity contribution < 1.29 is 4.74 Å². The number of nitrogens with one attached hydrogen (secondary N) is 1. The molecule has 0 radical (unpaired) electrons. The van der Waals surface area contributed by atoms with Gasteiger partial charge in [0.2, 0.25) is 0 Å². The van der Waals surface area contributed by atoms with Gasteiger partial charge in [0.15, 0.2) is 0 Å². The highest BCUT2D eigenvalue weighted by Gasteiger charge is 2.49. The van der Waals surface area contributed by atoms with Crippen molar-refractivity contribution in [1.82, 2.24) is 5.32 Å². The first-order valence-electron chi connectivity index (χ1n) is 5.87. The Bertz CT molecular complexity index is 226. The monoisotopic (exact) mass is 197 g/mol. The van der Waals surface area contributed by atoms with Crippen molar-refractivity contribution in [2.24, 2.45) is 11.8 Å². The van der Waals surface area contributed by atoms with Gasteiger partial charge in [-0.1, -0.05) is 13.8 Å². The van der Waals surface area contributed by atoms with Gasteiger partial charge in [-0.05, 0) is 44.9 Å². The molecule has 82 valence electrons. The summed E-state index contributed by atoms with van der Waals surface area (Å²) in [5.41, 5.74) is 0.158. The van der Waals surface area contributed by atoms with Crippen LogP contribution in [0.5, 0.6) is 0 Å². The molecule has 2 rings (SSSR count). The van der Waals surface area contributed by atoms with E-state index in [0.717, 1.165) is 12.5 Å². The summed E-state index contributed by atoms with van der Waals surface area (Å²) in [5.74, 6) is 1.51. The predicted molar refractivity (Wildman–Crippen MR) is 58.1 cm³/mol. The number of ether oxygens (including phenoxy) is 1. The Labute approximate surface area is 87.4 Å². The van der Waals surface area contributed by atoms with E-state index >= 15 is 0 Å². The predicted octanol–water partition coefficient (Wildman–Crippen LogP) is 2.54. The van der Waals surface area contributed by atoms with Gasteiger partial charge in [-0.2, -0.15) is 0 Å². The molecule has 1 spiro atoms. The fraction of sp³-hybridized carbons (Fsp3) is 1.00. The van der Waals surface area contributed by atoms with Crippen LogP contribution in [0.3, 0.4) is 0 Å². The van der Waals surface area contributed by atoms with E-state index in [9.17, 15) is 0 Å². The van der Waals surface area contributed by atoms with Crippen LogP contribution in [-0.2, 0) is 4.74 Å². The summed E-state index contributed by atoms with van der Waals surface area (Å²) in [6.45, 7) is 9.98. The Morgan fingerprint density at radius 2 is 2.00 bits per heavy atom. The molecule has 2 fully saturated rings. The summed E-state index contributed by atoms with van der Waals surface area (Å²) in [7, 11) is 0. The molecule has 1 heterocycles. The van der Waals surface area contributed by atoms with Crippen LogP contribution in [0.25, 0.3) is 0 Å². The highest BCUT2D eigenvalue weighted by Crippen LogP contribution is 2.41. The zero-order valence-corrected chi connectivity index (χ0v) is 9.89. The summed E-state index contributed by atoms with van der Waals surface area (Å²) in [5, 5.41) is 3.69. The molecule has 1 saturated carbocycles. The van der Waals surface area contributed by atoms with Crippen molar-refractivity contribution in [2.45, 2.75) is 58.2 Å². The molecule has 3 unspecified atom stereocenters. The zero-order valence-electron chi connectivity index (χ0n) is 9.89. The second kappa shape index (κ2) is 3.21. The molecule has 0 aromatic heterocycles. The lowest BCUT2D eigenvalue weighted by molar-refractivity contribution is -0.0858. The average molecular weight is 197 g/mol. The van der Waals surface area contributed by atoms with Gasteiger partial charge in [-0.3, -0.25) is 5.32 Å². The first kappa shape index (κ1) is 10.4. The van der Waals surface area contributed by atoms with Gasteiger partial charge in [-0.15, -0.1) is 0 Å². The molecule has 2 nitrogen and oxygen atoms in total. The fourth-order valence-electron chi connectivity index (χ4n) is 2.97. The third-order valence-electron chi connectivity index (χ3n) is 3.80. The Hall–Kier alpha value is -0.0800. The minimum atomic E-state index is -0.00396. The summed E-state index contributed by atoms with van der Waals surface area (Å²) < 4.78 is 6.05. The van der Waals surface area contributed by atoms with Gasteiger partial charge in [-0.25, -0.2) is 0 Å². The Kier molecular flexibility index (Phi) is 2.39. The molecule has 14 heavy (non-hydrogen) atoms. The van der Waals surface area contributed by atoms with Gasteiger partial charge in [0.1, 0.15) is 5.72 Å². The van der Waals surface area contributed by atoms with E-state index in [1.54, 1.807) is 0 Å². The van der Waals surface area contributed by atoms with Crippen molar-refractivity contribution in [1.29, 1.82) is 0 Å². The average Bonchev–Trinajstić information content (AvgIpc) is 2.38. The number of hydrogen-bond donors (Lipinski definition) is 1. The second-order valence-corrected chi connectivity index (χ2v) is 5.97. The lowest BCUT2D eigenvalue weighted by atomic mass is 9.77. The maximum absolute atomic E-state index is 6.05. The van der Waals surface area contributed by atoms with E-state index in [-0.39, 0.29) is 11.3 Å². The first-order chi connectivity index (χ1) is 6.44. The third-order valence-corrected chi connectivity index (χ3v) is 3.80. The minimum absolute atomic E-state index is 0.00396. The van der Waals surface area contributed by atoms with E-state index < -0.39 is 0 Å². The van der Waals surface area contributed by atoms with Crippen LogP contribution in [0.2, 0.25) is 0 Å². The topological polar surface area (TPSA) is 21.3 Å². The largest absolute Gasteiger partial charge is 0.358 e. The summed E-state index contributed by atoms with van der Waals surface area (Å²) in [6, 6.07) is 0. The Morgan fingerprint density at radius 3 is 2.50 bits per heavy atom. The van der Waals surface area contributed by atoms with E-state index in [1.807, 2.05) is 0 Å². The molecule has 1 aliphatic carbocycles. The van der Waals surface area contributed by atoms with Gasteiger partial charge in [0.05, 0.1) is 6.61 Å². The Morgan fingerprint density at radius 1 is 1.29 bits per heavy atom. The molecule has 0 bridgehead atoms. The van der Waals surface area contributed by atoms with Crippen LogP contribution in [0, 0.1) is 11.8 Å². The van der Waals surface area contributed by atoms with Crippen LogP contribution in [-0.4, -0.2) is 17.9 Å². The summed E-state index contributed by atoms with van der Waals surface area (Å²) in [4.78, 5) is 0. The van der Waals surface area contributed by atoms with Crippen LogP contribution in [0.1, 0.15) is 47.0 Å².